The molecule has 0 bridgehead atoms. The molecule has 0 atom stereocenters. The van der Waals surface area contributed by atoms with E-state index in [1.807, 2.05) is 32.0 Å². The molecule has 0 aromatic heterocycles. The van der Waals surface area contributed by atoms with Crippen LogP contribution in [-0.4, -0.2) is 18.5 Å². The van der Waals surface area contributed by atoms with Crippen molar-refractivity contribution in [2.24, 2.45) is 0 Å². The van der Waals surface area contributed by atoms with E-state index in [2.05, 4.69) is 5.32 Å². The van der Waals surface area contributed by atoms with Crippen LogP contribution in [0.2, 0.25) is 0 Å². The average molecular weight is 343 g/mol. The third-order valence-electron chi connectivity index (χ3n) is 3.92. The Morgan fingerprint density at radius 2 is 1.56 bits per heavy atom. The molecule has 0 heterocycles. The summed E-state index contributed by atoms with van der Waals surface area (Å²) >= 11 is 0. The van der Waals surface area contributed by atoms with Gasteiger partial charge in [0.15, 0.2) is 6.61 Å². The topological polar surface area (TPSA) is 55.4 Å². The number of carbonyl (C=O) groups is 2. The Morgan fingerprint density at radius 3 is 2.16 bits per heavy atom. The van der Waals surface area contributed by atoms with Crippen molar-refractivity contribution in [2.75, 3.05) is 11.9 Å². The Labute approximate surface area is 147 Å². The molecule has 0 fully saturated rings. The lowest BCUT2D eigenvalue weighted by Gasteiger charge is -2.14. The molecule has 0 saturated heterocycles. The average Bonchev–Trinajstić information content (AvgIpc) is 2.62. The van der Waals surface area contributed by atoms with E-state index in [0.29, 0.717) is 0 Å². The first-order valence-corrected chi connectivity index (χ1v) is 8.34. The summed E-state index contributed by atoms with van der Waals surface area (Å²) in [7, 11) is 0. The van der Waals surface area contributed by atoms with Crippen molar-refractivity contribution in [3.63, 3.8) is 0 Å². The van der Waals surface area contributed by atoms with Gasteiger partial charge in [-0.15, -0.1) is 0 Å². The number of aryl methyl sites for hydroxylation is 2. The SMILES string of the molecule is CCc1cccc(CC)c1NC(=O)COC(=O)Cc1ccccc1F. The fourth-order valence-corrected chi connectivity index (χ4v) is 2.57. The number of para-hydroxylation sites is 1. The van der Waals surface area contributed by atoms with Crippen LogP contribution < -0.4 is 5.32 Å². The van der Waals surface area contributed by atoms with E-state index in [1.54, 1.807) is 12.1 Å². The van der Waals surface area contributed by atoms with E-state index in [-0.39, 0.29) is 12.0 Å². The Morgan fingerprint density at radius 1 is 0.960 bits per heavy atom. The van der Waals surface area contributed by atoms with E-state index in [1.165, 1.54) is 12.1 Å². The highest BCUT2D eigenvalue weighted by atomic mass is 19.1. The minimum absolute atomic E-state index is 0.203. The quantitative estimate of drug-likeness (QED) is 0.780. The molecule has 5 heteroatoms. The van der Waals surface area contributed by atoms with Crippen molar-refractivity contribution in [1.29, 1.82) is 0 Å². The molecule has 0 aliphatic heterocycles. The Kier molecular flexibility index (Phi) is 6.69. The lowest BCUT2D eigenvalue weighted by atomic mass is 10.0. The van der Waals surface area contributed by atoms with Gasteiger partial charge in [0.1, 0.15) is 5.82 Å². The van der Waals surface area contributed by atoms with Gasteiger partial charge in [-0.3, -0.25) is 9.59 Å². The highest BCUT2D eigenvalue weighted by Gasteiger charge is 2.13. The number of nitrogens with one attached hydrogen (secondary N) is 1. The lowest BCUT2D eigenvalue weighted by Crippen LogP contribution is -2.23. The summed E-state index contributed by atoms with van der Waals surface area (Å²) in [5.74, 6) is -1.51. The summed E-state index contributed by atoms with van der Waals surface area (Å²) in [6, 6.07) is 11.9. The number of benzene rings is 2. The molecule has 25 heavy (non-hydrogen) atoms. The van der Waals surface area contributed by atoms with Gasteiger partial charge in [0.05, 0.1) is 6.42 Å². The van der Waals surface area contributed by atoms with Crippen LogP contribution >= 0.6 is 0 Å². The van der Waals surface area contributed by atoms with E-state index in [4.69, 9.17) is 4.74 Å². The van der Waals surface area contributed by atoms with Gasteiger partial charge in [0, 0.05) is 5.69 Å². The first-order valence-electron chi connectivity index (χ1n) is 8.34. The largest absolute Gasteiger partial charge is 0.455 e. The first kappa shape index (κ1) is 18.6. The minimum atomic E-state index is -0.639. The van der Waals surface area contributed by atoms with Crippen molar-refractivity contribution >= 4 is 17.6 Å². The van der Waals surface area contributed by atoms with Gasteiger partial charge < -0.3 is 10.1 Å². The zero-order valence-electron chi connectivity index (χ0n) is 14.5. The number of rotatable bonds is 7. The number of anilines is 1. The summed E-state index contributed by atoms with van der Waals surface area (Å²) < 4.78 is 18.5. The number of amides is 1. The van der Waals surface area contributed by atoms with Crippen molar-refractivity contribution in [1.82, 2.24) is 0 Å². The molecule has 2 aromatic carbocycles. The van der Waals surface area contributed by atoms with Crippen LogP contribution in [0.1, 0.15) is 30.5 Å². The number of carbonyl (C=O) groups excluding carboxylic acids is 2. The third kappa shape index (κ3) is 5.14. The zero-order valence-corrected chi connectivity index (χ0v) is 14.5. The van der Waals surface area contributed by atoms with Gasteiger partial charge >= 0.3 is 5.97 Å². The molecular formula is C20H22FNO3. The smallest absolute Gasteiger partial charge is 0.310 e. The normalized spacial score (nSPS) is 10.4. The molecule has 0 spiro atoms. The first-order chi connectivity index (χ1) is 12.0. The summed E-state index contributed by atoms with van der Waals surface area (Å²) in [5, 5.41) is 2.82. The molecule has 2 aromatic rings. The maximum absolute atomic E-state index is 13.5. The number of ether oxygens (including phenoxy) is 1. The molecule has 0 unspecified atom stereocenters. The van der Waals surface area contributed by atoms with Crippen LogP contribution in [0.3, 0.4) is 0 Å². The van der Waals surface area contributed by atoms with Crippen LogP contribution in [0.25, 0.3) is 0 Å². The van der Waals surface area contributed by atoms with Gasteiger partial charge in [-0.25, -0.2) is 4.39 Å². The highest BCUT2D eigenvalue weighted by molar-refractivity contribution is 5.94. The summed E-state index contributed by atoms with van der Waals surface area (Å²) in [4.78, 5) is 23.9. The molecule has 0 aliphatic carbocycles. The number of hydrogen-bond donors (Lipinski definition) is 1. The molecule has 0 radical (unpaired) electrons. The van der Waals surface area contributed by atoms with Crippen molar-refractivity contribution in [2.45, 2.75) is 33.1 Å². The maximum Gasteiger partial charge on any atom is 0.310 e. The van der Waals surface area contributed by atoms with Crippen LogP contribution in [0.15, 0.2) is 42.5 Å². The third-order valence-corrected chi connectivity index (χ3v) is 3.92. The molecule has 132 valence electrons. The van der Waals surface area contributed by atoms with Crippen LogP contribution in [-0.2, 0) is 33.6 Å². The van der Waals surface area contributed by atoms with Gasteiger partial charge in [-0.05, 0) is 35.6 Å². The molecule has 1 amide bonds. The molecule has 4 nitrogen and oxygen atoms in total. The van der Waals surface area contributed by atoms with E-state index >= 15 is 0 Å². The van der Waals surface area contributed by atoms with Crippen LogP contribution in [0.5, 0.6) is 0 Å². The Balaban J connectivity index is 1.93. The van der Waals surface area contributed by atoms with Crippen molar-refractivity contribution < 1.29 is 18.7 Å². The Bertz CT molecular complexity index is 736. The van der Waals surface area contributed by atoms with E-state index < -0.39 is 24.3 Å². The van der Waals surface area contributed by atoms with Crippen LogP contribution in [0.4, 0.5) is 10.1 Å². The fourth-order valence-electron chi connectivity index (χ4n) is 2.57. The summed E-state index contributed by atoms with van der Waals surface area (Å²) in [5.41, 5.74) is 3.09. The number of halogens is 1. The molecule has 0 aliphatic rings. The van der Waals surface area contributed by atoms with Gasteiger partial charge in [-0.1, -0.05) is 50.2 Å². The lowest BCUT2D eigenvalue weighted by molar-refractivity contribution is -0.146. The number of esters is 1. The predicted octanol–water partition coefficient (Wildman–Crippen LogP) is 3.67. The van der Waals surface area contributed by atoms with Gasteiger partial charge in [0.2, 0.25) is 0 Å². The second kappa shape index (κ2) is 8.97. The van der Waals surface area contributed by atoms with Crippen molar-refractivity contribution in [3.05, 3.63) is 65.0 Å². The molecule has 0 saturated carbocycles. The van der Waals surface area contributed by atoms with Crippen LogP contribution in [0, 0.1) is 5.82 Å². The highest BCUT2D eigenvalue weighted by Crippen LogP contribution is 2.22. The minimum Gasteiger partial charge on any atom is -0.455 e. The standard InChI is InChI=1S/C20H22FNO3/c1-3-14-9-7-10-15(4-2)20(14)22-18(23)13-25-19(24)12-16-8-5-6-11-17(16)21/h5-11H,3-4,12-13H2,1-2H3,(H,22,23). The van der Waals surface area contributed by atoms with Gasteiger partial charge in [-0.2, -0.15) is 0 Å². The molecule has 2 rings (SSSR count). The van der Waals surface area contributed by atoms with Gasteiger partial charge in [0.25, 0.3) is 5.91 Å². The zero-order chi connectivity index (χ0) is 18.2. The summed E-state index contributed by atoms with van der Waals surface area (Å²) in [6.45, 7) is 3.63. The maximum atomic E-state index is 13.5. The van der Waals surface area contributed by atoms with Crippen molar-refractivity contribution in [3.8, 4) is 0 Å². The number of hydrogen-bond acceptors (Lipinski definition) is 3. The predicted molar refractivity (Wildman–Crippen MR) is 94.9 cm³/mol. The molecule has 1 N–H and O–H groups in total. The Hall–Kier alpha value is -2.69. The molecular weight excluding hydrogens is 321 g/mol. The summed E-state index contributed by atoms with van der Waals surface area (Å²) in [6.07, 6.45) is 1.37. The van der Waals surface area contributed by atoms with E-state index in [9.17, 15) is 14.0 Å². The second-order valence-electron chi connectivity index (χ2n) is 5.64. The monoisotopic (exact) mass is 343 g/mol. The second-order valence-corrected chi connectivity index (χ2v) is 5.64. The fraction of sp³-hybridized carbons (Fsp3) is 0.300. The van der Waals surface area contributed by atoms with E-state index in [0.717, 1.165) is 29.7 Å².